The number of hydrogen-bond donors (Lipinski definition) is 2. The molecule has 4 rings (SSSR count). The first-order chi connectivity index (χ1) is 11.8. The lowest BCUT2D eigenvalue weighted by Crippen LogP contribution is -2.43. The summed E-state index contributed by atoms with van der Waals surface area (Å²) < 4.78 is 6.04. The second-order valence-corrected chi connectivity index (χ2v) is 6.82. The summed E-state index contributed by atoms with van der Waals surface area (Å²) in [6, 6.07) is 16.0. The van der Waals surface area contributed by atoms with Crippen LogP contribution in [0.25, 0.3) is 0 Å². The first kappa shape index (κ1) is 15.3. The summed E-state index contributed by atoms with van der Waals surface area (Å²) in [6.07, 6.45) is 2.15. The van der Waals surface area contributed by atoms with Crippen molar-refractivity contribution in [3.05, 3.63) is 54.1 Å². The number of hydrogen-bond acceptors (Lipinski definition) is 4. The van der Waals surface area contributed by atoms with Crippen LogP contribution in [-0.2, 0) is 5.41 Å². The maximum atomic E-state index is 10.1. The van der Waals surface area contributed by atoms with Gasteiger partial charge in [-0.05, 0) is 43.2 Å². The number of phenolic OH excluding ortho intramolecular Hbond substituents is 1. The van der Waals surface area contributed by atoms with Crippen LogP contribution < -0.4 is 15.0 Å². The standard InChI is InChI=1S/C20H24N2O2/c23-19-4-2-1-3-18(19)20(9-10-20)15-24-17-7-5-16(6-8-17)22-13-11-21-12-14-22/h1-8,21,23H,9-15H2. The Kier molecular flexibility index (Phi) is 4.07. The molecule has 2 fully saturated rings. The molecule has 4 heteroatoms. The fourth-order valence-electron chi connectivity index (χ4n) is 3.46. The lowest BCUT2D eigenvalue weighted by atomic mass is 9.96. The molecule has 0 aromatic heterocycles. The molecule has 1 saturated heterocycles. The summed E-state index contributed by atoms with van der Waals surface area (Å²) >= 11 is 0. The third-order valence-corrected chi connectivity index (χ3v) is 5.16. The summed E-state index contributed by atoms with van der Waals surface area (Å²) in [5, 5.41) is 13.5. The second kappa shape index (κ2) is 6.36. The van der Waals surface area contributed by atoms with Gasteiger partial charge in [0.1, 0.15) is 11.5 Å². The Bertz CT molecular complexity index is 689. The predicted molar refractivity (Wildman–Crippen MR) is 96.0 cm³/mol. The Balaban J connectivity index is 1.40. The fourth-order valence-corrected chi connectivity index (χ4v) is 3.46. The van der Waals surface area contributed by atoms with Gasteiger partial charge >= 0.3 is 0 Å². The van der Waals surface area contributed by atoms with Gasteiger partial charge in [0.15, 0.2) is 0 Å². The van der Waals surface area contributed by atoms with Gasteiger partial charge in [0.2, 0.25) is 0 Å². The van der Waals surface area contributed by atoms with Crippen LogP contribution in [0.4, 0.5) is 5.69 Å². The van der Waals surface area contributed by atoms with Gasteiger partial charge in [-0.1, -0.05) is 18.2 Å². The van der Waals surface area contributed by atoms with E-state index in [-0.39, 0.29) is 5.41 Å². The third kappa shape index (κ3) is 3.06. The maximum Gasteiger partial charge on any atom is 0.119 e. The van der Waals surface area contributed by atoms with Crippen LogP contribution in [0.5, 0.6) is 11.5 Å². The van der Waals surface area contributed by atoms with E-state index in [1.54, 1.807) is 6.07 Å². The molecule has 0 radical (unpaired) electrons. The molecule has 1 aliphatic carbocycles. The third-order valence-electron chi connectivity index (χ3n) is 5.16. The van der Waals surface area contributed by atoms with E-state index in [1.807, 2.05) is 18.2 Å². The van der Waals surface area contributed by atoms with E-state index in [0.717, 1.165) is 50.3 Å². The Morgan fingerprint density at radius 3 is 2.38 bits per heavy atom. The monoisotopic (exact) mass is 324 g/mol. The van der Waals surface area contributed by atoms with Crippen molar-refractivity contribution in [2.75, 3.05) is 37.7 Å². The summed E-state index contributed by atoms with van der Waals surface area (Å²) in [6.45, 7) is 4.81. The lowest BCUT2D eigenvalue weighted by molar-refractivity contribution is 0.274. The summed E-state index contributed by atoms with van der Waals surface area (Å²) in [5.74, 6) is 1.28. The molecular weight excluding hydrogens is 300 g/mol. The molecule has 4 nitrogen and oxygen atoms in total. The van der Waals surface area contributed by atoms with Gasteiger partial charge in [0.25, 0.3) is 0 Å². The Hall–Kier alpha value is -2.20. The maximum absolute atomic E-state index is 10.1. The number of rotatable bonds is 5. The van der Waals surface area contributed by atoms with Crippen molar-refractivity contribution in [2.24, 2.45) is 0 Å². The SMILES string of the molecule is Oc1ccccc1C1(COc2ccc(N3CCNCC3)cc2)CC1. The van der Waals surface area contributed by atoms with Gasteiger partial charge in [0.05, 0.1) is 6.61 Å². The van der Waals surface area contributed by atoms with Crippen LogP contribution in [-0.4, -0.2) is 37.9 Å². The molecule has 126 valence electrons. The van der Waals surface area contributed by atoms with Crippen LogP contribution in [0, 0.1) is 0 Å². The van der Waals surface area contributed by atoms with E-state index in [9.17, 15) is 5.11 Å². The minimum Gasteiger partial charge on any atom is -0.508 e. The number of ether oxygens (including phenoxy) is 1. The van der Waals surface area contributed by atoms with Gasteiger partial charge < -0.3 is 20.1 Å². The molecule has 1 aliphatic heterocycles. The second-order valence-electron chi connectivity index (χ2n) is 6.82. The molecular formula is C20H24N2O2. The highest BCUT2D eigenvalue weighted by Crippen LogP contribution is 2.51. The minimum absolute atomic E-state index is 0.0114. The van der Waals surface area contributed by atoms with Crippen molar-refractivity contribution in [2.45, 2.75) is 18.3 Å². The van der Waals surface area contributed by atoms with Gasteiger partial charge in [0, 0.05) is 42.8 Å². The van der Waals surface area contributed by atoms with Crippen molar-refractivity contribution in [1.82, 2.24) is 5.32 Å². The number of anilines is 1. The average molecular weight is 324 g/mol. The van der Waals surface area contributed by atoms with E-state index in [2.05, 4.69) is 34.5 Å². The first-order valence-electron chi connectivity index (χ1n) is 8.74. The van der Waals surface area contributed by atoms with E-state index in [0.29, 0.717) is 12.4 Å². The topological polar surface area (TPSA) is 44.7 Å². The van der Waals surface area contributed by atoms with Crippen molar-refractivity contribution >= 4 is 5.69 Å². The minimum atomic E-state index is -0.0114. The Morgan fingerprint density at radius 2 is 1.71 bits per heavy atom. The number of nitrogens with zero attached hydrogens (tertiary/aromatic N) is 1. The molecule has 24 heavy (non-hydrogen) atoms. The van der Waals surface area contributed by atoms with Gasteiger partial charge in [-0.15, -0.1) is 0 Å². The number of nitrogens with one attached hydrogen (secondary N) is 1. The first-order valence-corrected chi connectivity index (χ1v) is 8.74. The number of benzene rings is 2. The highest BCUT2D eigenvalue weighted by Gasteiger charge is 2.46. The lowest BCUT2D eigenvalue weighted by Gasteiger charge is -2.29. The number of para-hydroxylation sites is 1. The van der Waals surface area contributed by atoms with E-state index in [4.69, 9.17) is 4.74 Å². The molecule has 0 amide bonds. The van der Waals surface area contributed by atoms with Crippen molar-refractivity contribution in [1.29, 1.82) is 0 Å². The highest BCUT2D eigenvalue weighted by molar-refractivity contribution is 5.49. The van der Waals surface area contributed by atoms with Crippen LogP contribution in [0.3, 0.4) is 0 Å². The Morgan fingerprint density at radius 1 is 1.00 bits per heavy atom. The Labute approximate surface area is 143 Å². The summed E-state index contributed by atoms with van der Waals surface area (Å²) in [5.41, 5.74) is 2.26. The average Bonchev–Trinajstić information content (AvgIpc) is 3.43. The predicted octanol–water partition coefficient (Wildman–Crippen LogP) is 2.91. The molecule has 0 atom stereocenters. The zero-order valence-corrected chi connectivity index (χ0v) is 13.9. The number of piperazine rings is 1. The molecule has 1 heterocycles. The van der Waals surface area contributed by atoms with Crippen LogP contribution in [0.1, 0.15) is 18.4 Å². The van der Waals surface area contributed by atoms with E-state index < -0.39 is 0 Å². The van der Waals surface area contributed by atoms with E-state index >= 15 is 0 Å². The van der Waals surface area contributed by atoms with E-state index in [1.165, 1.54) is 5.69 Å². The molecule has 2 aromatic rings. The zero-order chi connectivity index (χ0) is 16.4. The molecule has 0 spiro atoms. The molecule has 1 saturated carbocycles. The van der Waals surface area contributed by atoms with Crippen LogP contribution in [0.15, 0.2) is 48.5 Å². The number of phenols is 1. The van der Waals surface area contributed by atoms with Crippen molar-refractivity contribution in [3.63, 3.8) is 0 Å². The fraction of sp³-hybridized carbons (Fsp3) is 0.400. The van der Waals surface area contributed by atoms with Gasteiger partial charge in [-0.3, -0.25) is 0 Å². The molecule has 0 unspecified atom stereocenters. The summed E-state index contributed by atoms with van der Waals surface area (Å²) in [4.78, 5) is 2.39. The van der Waals surface area contributed by atoms with Crippen LogP contribution >= 0.6 is 0 Å². The molecule has 2 N–H and O–H groups in total. The molecule has 2 aliphatic rings. The van der Waals surface area contributed by atoms with Crippen molar-refractivity contribution < 1.29 is 9.84 Å². The smallest absolute Gasteiger partial charge is 0.119 e. The quantitative estimate of drug-likeness (QED) is 0.888. The largest absolute Gasteiger partial charge is 0.508 e. The summed E-state index contributed by atoms with van der Waals surface area (Å²) in [7, 11) is 0. The van der Waals surface area contributed by atoms with Crippen molar-refractivity contribution in [3.8, 4) is 11.5 Å². The molecule has 0 bridgehead atoms. The molecule has 2 aromatic carbocycles. The zero-order valence-electron chi connectivity index (χ0n) is 13.9. The van der Waals surface area contributed by atoms with Gasteiger partial charge in [-0.25, -0.2) is 0 Å². The highest BCUT2D eigenvalue weighted by atomic mass is 16.5. The van der Waals surface area contributed by atoms with Crippen LogP contribution in [0.2, 0.25) is 0 Å². The number of aromatic hydroxyl groups is 1. The van der Waals surface area contributed by atoms with Gasteiger partial charge in [-0.2, -0.15) is 0 Å². The normalized spacial score (nSPS) is 19.1.